The Bertz CT molecular complexity index is 1000. The zero-order valence-corrected chi connectivity index (χ0v) is 20.2. The summed E-state index contributed by atoms with van der Waals surface area (Å²) >= 11 is 0. The molecule has 0 saturated heterocycles. The summed E-state index contributed by atoms with van der Waals surface area (Å²) in [6.07, 6.45) is 0.936. The van der Waals surface area contributed by atoms with E-state index in [9.17, 15) is 14.4 Å². The maximum absolute atomic E-state index is 12.8. The van der Waals surface area contributed by atoms with Crippen molar-refractivity contribution in [1.82, 2.24) is 10.3 Å². The summed E-state index contributed by atoms with van der Waals surface area (Å²) in [5.74, 6) is -1.62. The zero-order valence-electron chi connectivity index (χ0n) is 20.2. The quantitative estimate of drug-likeness (QED) is 0.572. The largest absolute Gasteiger partial charge is 0.493 e. The molecule has 1 aromatic heterocycles. The molecule has 0 fully saturated rings. The molecule has 3 atom stereocenters. The first-order valence-corrected chi connectivity index (χ1v) is 10.8. The molecule has 8 heteroatoms. The number of nitrogens with one attached hydrogen (secondary N) is 1. The van der Waals surface area contributed by atoms with Gasteiger partial charge >= 0.3 is 11.9 Å². The standard InChI is InChI=1S/C25H32N2O6/c1-14(2)21(19-11-9-8-10-15(19)3)17(5)32-25(30)16(4)27-24(29)22-23(33-18(6)28)20(31-7)12-13-26-22/h8-14,16-17,21H,1-7H3,(H,27,29)/t16-,17-,21+/m0/s1. The molecule has 2 aromatic rings. The first-order valence-electron chi connectivity index (χ1n) is 10.8. The Morgan fingerprint density at radius 2 is 1.70 bits per heavy atom. The highest BCUT2D eigenvalue weighted by atomic mass is 16.6. The van der Waals surface area contributed by atoms with Crippen molar-refractivity contribution < 1.29 is 28.6 Å². The maximum atomic E-state index is 12.8. The molecule has 0 spiro atoms. The third-order valence-corrected chi connectivity index (χ3v) is 5.32. The van der Waals surface area contributed by atoms with Gasteiger partial charge in [0.2, 0.25) is 5.75 Å². The van der Waals surface area contributed by atoms with E-state index in [-0.39, 0.29) is 29.0 Å². The number of hydrogen-bond donors (Lipinski definition) is 1. The molecule has 0 radical (unpaired) electrons. The van der Waals surface area contributed by atoms with Crippen LogP contribution in [0.15, 0.2) is 36.5 Å². The first-order chi connectivity index (χ1) is 15.6. The lowest BCUT2D eigenvalue weighted by Crippen LogP contribution is -2.42. The van der Waals surface area contributed by atoms with Gasteiger partial charge in [-0.25, -0.2) is 9.78 Å². The van der Waals surface area contributed by atoms with Crippen molar-refractivity contribution >= 4 is 17.8 Å². The monoisotopic (exact) mass is 456 g/mol. The molecule has 0 bridgehead atoms. The lowest BCUT2D eigenvalue weighted by Gasteiger charge is -2.30. The average Bonchev–Trinajstić information content (AvgIpc) is 2.74. The van der Waals surface area contributed by atoms with E-state index in [0.29, 0.717) is 0 Å². The number of carbonyl (C=O) groups excluding carboxylic acids is 3. The molecule has 0 aliphatic rings. The number of benzene rings is 1. The second-order valence-corrected chi connectivity index (χ2v) is 8.25. The van der Waals surface area contributed by atoms with Gasteiger partial charge in [0.15, 0.2) is 11.4 Å². The molecular weight excluding hydrogens is 424 g/mol. The van der Waals surface area contributed by atoms with Crippen molar-refractivity contribution in [3.63, 3.8) is 0 Å². The molecule has 0 aliphatic carbocycles. The van der Waals surface area contributed by atoms with Crippen LogP contribution >= 0.6 is 0 Å². The van der Waals surface area contributed by atoms with Crippen molar-refractivity contribution in [3.05, 3.63) is 53.3 Å². The molecular formula is C25H32N2O6. The van der Waals surface area contributed by atoms with Crippen molar-refractivity contribution in [1.29, 1.82) is 0 Å². The van der Waals surface area contributed by atoms with E-state index < -0.39 is 30.0 Å². The minimum absolute atomic E-state index is 0.00586. The van der Waals surface area contributed by atoms with Crippen molar-refractivity contribution in [2.45, 2.75) is 59.6 Å². The van der Waals surface area contributed by atoms with Gasteiger partial charge in [-0.1, -0.05) is 38.1 Å². The molecule has 1 N–H and O–H groups in total. The number of methoxy groups -OCH3 is 1. The van der Waals surface area contributed by atoms with Crippen LogP contribution in [-0.4, -0.2) is 42.1 Å². The SMILES string of the molecule is COc1ccnc(C(=O)N[C@@H](C)C(=O)O[C@@H](C)[C@H](c2ccccc2C)C(C)C)c1OC(C)=O. The number of carbonyl (C=O) groups is 3. The summed E-state index contributed by atoms with van der Waals surface area (Å²) in [5, 5.41) is 2.56. The second kappa shape index (κ2) is 11.4. The average molecular weight is 457 g/mol. The maximum Gasteiger partial charge on any atom is 0.328 e. The Morgan fingerprint density at radius 1 is 1.03 bits per heavy atom. The van der Waals surface area contributed by atoms with E-state index in [0.717, 1.165) is 11.1 Å². The number of hydrogen-bond acceptors (Lipinski definition) is 7. The van der Waals surface area contributed by atoms with Crippen LogP contribution < -0.4 is 14.8 Å². The van der Waals surface area contributed by atoms with Gasteiger partial charge in [-0.2, -0.15) is 0 Å². The van der Waals surface area contributed by atoms with Gasteiger partial charge < -0.3 is 19.5 Å². The van der Waals surface area contributed by atoms with Crippen LogP contribution in [0.4, 0.5) is 0 Å². The van der Waals surface area contributed by atoms with Gasteiger partial charge in [-0.05, 0) is 37.8 Å². The lowest BCUT2D eigenvalue weighted by molar-refractivity contribution is -0.151. The highest BCUT2D eigenvalue weighted by Gasteiger charge is 2.30. The van der Waals surface area contributed by atoms with Gasteiger partial charge in [0.25, 0.3) is 5.91 Å². The lowest BCUT2D eigenvalue weighted by atomic mass is 9.82. The molecule has 178 valence electrons. The van der Waals surface area contributed by atoms with Gasteiger partial charge in [0.1, 0.15) is 12.1 Å². The van der Waals surface area contributed by atoms with Crippen LogP contribution in [0.1, 0.15) is 62.2 Å². The van der Waals surface area contributed by atoms with E-state index in [4.69, 9.17) is 14.2 Å². The highest BCUT2D eigenvalue weighted by Crippen LogP contribution is 2.32. The van der Waals surface area contributed by atoms with Crippen molar-refractivity contribution in [2.75, 3.05) is 7.11 Å². The molecule has 0 unspecified atom stereocenters. The summed E-state index contributed by atoms with van der Waals surface area (Å²) in [5.41, 5.74) is 2.08. The summed E-state index contributed by atoms with van der Waals surface area (Å²) in [6.45, 7) is 10.8. The fourth-order valence-electron chi connectivity index (χ4n) is 3.79. The fourth-order valence-corrected chi connectivity index (χ4v) is 3.79. The number of aromatic nitrogens is 1. The van der Waals surface area contributed by atoms with Gasteiger partial charge in [-0.3, -0.25) is 9.59 Å². The van der Waals surface area contributed by atoms with Crippen molar-refractivity contribution in [3.8, 4) is 11.5 Å². The number of amides is 1. The van der Waals surface area contributed by atoms with Crippen LogP contribution in [0, 0.1) is 12.8 Å². The van der Waals surface area contributed by atoms with E-state index in [1.165, 1.54) is 33.2 Å². The van der Waals surface area contributed by atoms with Crippen LogP contribution in [0.25, 0.3) is 0 Å². The zero-order chi connectivity index (χ0) is 24.7. The minimum Gasteiger partial charge on any atom is -0.493 e. The smallest absolute Gasteiger partial charge is 0.328 e. The molecule has 1 amide bonds. The Kier molecular flexibility index (Phi) is 8.96. The second-order valence-electron chi connectivity index (χ2n) is 8.25. The Balaban J connectivity index is 2.15. The van der Waals surface area contributed by atoms with Crippen LogP contribution in [-0.2, 0) is 14.3 Å². The molecule has 2 rings (SSSR count). The number of nitrogens with zero attached hydrogens (tertiary/aromatic N) is 1. The van der Waals surface area contributed by atoms with Gasteiger partial charge in [0, 0.05) is 25.1 Å². The molecule has 8 nitrogen and oxygen atoms in total. The predicted molar refractivity (Wildman–Crippen MR) is 123 cm³/mol. The number of aryl methyl sites for hydroxylation is 1. The Labute approximate surface area is 194 Å². The molecule has 0 saturated carbocycles. The topological polar surface area (TPSA) is 104 Å². The van der Waals surface area contributed by atoms with Crippen molar-refractivity contribution in [2.24, 2.45) is 5.92 Å². The normalized spacial score (nSPS) is 13.6. The van der Waals surface area contributed by atoms with Crippen LogP contribution in [0.5, 0.6) is 11.5 Å². The molecule has 0 aliphatic heterocycles. The summed E-state index contributed by atoms with van der Waals surface area (Å²) < 4.78 is 16.0. The minimum atomic E-state index is -0.956. The van der Waals surface area contributed by atoms with Crippen LogP contribution in [0.2, 0.25) is 0 Å². The van der Waals surface area contributed by atoms with Crippen LogP contribution in [0.3, 0.4) is 0 Å². The van der Waals surface area contributed by atoms with E-state index in [1.54, 1.807) is 0 Å². The predicted octanol–water partition coefficient (Wildman–Crippen LogP) is 3.81. The van der Waals surface area contributed by atoms with E-state index in [2.05, 4.69) is 24.1 Å². The summed E-state index contributed by atoms with van der Waals surface area (Å²) in [7, 11) is 1.38. The number of ether oxygens (including phenoxy) is 3. The molecule has 33 heavy (non-hydrogen) atoms. The number of rotatable bonds is 9. The van der Waals surface area contributed by atoms with Gasteiger partial charge in [-0.15, -0.1) is 0 Å². The third-order valence-electron chi connectivity index (χ3n) is 5.32. The summed E-state index contributed by atoms with van der Waals surface area (Å²) in [4.78, 5) is 41.0. The molecule has 1 aromatic carbocycles. The Hall–Kier alpha value is -3.42. The van der Waals surface area contributed by atoms with E-state index >= 15 is 0 Å². The van der Waals surface area contributed by atoms with Gasteiger partial charge in [0.05, 0.1) is 7.11 Å². The van der Waals surface area contributed by atoms with E-state index in [1.807, 2.05) is 38.1 Å². The highest BCUT2D eigenvalue weighted by molar-refractivity contribution is 5.98. The Morgan fingerprint density at radius 3 is 2.27 bits per heavy atom. The first kappa shape index (κ1) is 25.8. The fraction of sp³-hybridized carbons (Fsp3) is 0.440. The number of esters is 2. The number of pyridine rings is 1. The third kappa shape index (κ3) is 6.54. The summed E-state index contributed by atoms with van der Waals surface area (Å²) in [6, 6.07) is 8.53. The molecule has 1 heterocycles.